The van der Waals surface area contributed by atoms with E-state index in [0.29, 0.717) is 0 Å². The highest BCUT2D eigenvalue weighted by atomic mass is 33.1. The Balaban J connectivity index is 1.69. The van der Waals surface area contributed by atoms with Crippen LogP contribution in [-0.2, 0) is 6.42 Å². The average molecular weight is 334 g/mol. The van der Waals surface area contributed by atoms with Crippen LogP contribution in [-0.4, -0.2) is 10.7 Å². The number of hydrogen-bond donors (Lipinski definition) is 1. The quantitative estimate of drug-likeness (QED) is 0.363. The molecule has 0 spiro atoms. The zero-order chi connectivity index (χ0) is 15.5. The summed E-state index contributed by atoms with van der Waals surface area (Å²) in [4.78, 5) is 4.71. The fraction of sp³-hybridized carbons (Fsp3) is 0.474. The lowest BCUT2D eigenvalue weighted by Gasteiger charge is -2.08. The highest BCUT2D eigenvalue weighted by Crippen LogP contribution is 2.34. The molecule has 22 heavy (non-hydrogen) atoms. The van der Waals surface area contributed by atoms with Crippen molar-refractivity contribution in [2.24, 2.45) is 0 Å². The third kappa shape index (κ3) is 6.53. The third-order valence-electron chi connectivity index (χ3n) is 3.75. The number of aromatic nitrogens is 1. The Morgan fingerprint density at radius 1 is 0.909 bits per heavy atom. The molecule has 0 aliphatic heterocycles. The molecule has 0 fully saturated rings. The van der Waals surface area contributed by atoms with Crippen LogP contribution in [0.3, 0.4) is 0 Å². The second-order valence-corrected chi connectivity index (χ2v) is 8.11. The molecule has 2 rings (SSSR count). The van der Waals surface area contributed by atoms with E-state index < -0.39 is 0 Å². The Labute approximate surface area is 143 Å². The maximum Gasteiger partial charge on any atom is 0.0218 e. The van der Waals surface area contributed by atoms with Crippen molar-refractivity contribution < 1.29 is 0 Å². The highest BCUT2D eigenvalue weighted by Gasteiger charge is 2.04. The maximum atomic E-state index is 3.30. The standard InChI is InChI=1S/C19H27NS2/c1-2-3-4-5-6-9-15-21-22-19-13-8-7-11-17(19)16-18-12-10-14-20-18/h7-8,10-14,20H,2-6,9,15-16H2,1H3. The molecule has 1 N–H and O–H groups in total. The lowest BCUT2D eigenvalue weighted by molar-refractivity contribution is 0.627. The molecule has 2 aromatic rings. The van der Waals surface area contributed by atoms with Gasteiger partial charge in [0.2, 0.25) is 0 Å². The van der Waals surface area contributed by atoms with Crippen LogP contribution in [0.4, 0.5) is 0 Å². The first kappa shape index (κ1) is 17.6. The summed E-state index contributed by atoms with van der Waals surface area (Å²) in [5.41, 5.74) is 2.71. The van der Waals surface area contributed by atoms with Crippen LogP contribution in [0.1, 0.15) is 56.7 Å². The molecule has 120 valence electrons. The molecular weight excluding hydrogens is 306 g/mol. The van der Waals surface area contributed by atoms with Crippen molar-refractivity contribution in [1.82, 2.24) is 4.98 Å². The number of hydrogen-bond acceptors (Lipinski definition) is 2. The zero-order valence-electron chi connectivity index (χ0n) is 13.5. The highest BCUT2D eigenvalue weighted by molar-refractivity contribution is 8.76. The van der Waals surface area contributed by atoms with Crippen molar-refractivity contribution in [3.63, 3.8) is 0 Å². The minimum absolute atomic E-state index is 0.994. The van der Waals surface area contributed by atoms with Gasteiger partial charge in [0.15, 0.2) is 0 Å². The molecule has 0 aliphatic rings. The number of nitrogens with one attached hydrogen (secondary N) is 1. The van der Waals surface area contributed by atoms with Gasteiger partial charge in [-0.3, -0.25) is 0 Å². The van der Waals surface area contributed by atoms with Crippen molar-refractivity contribution in [3.8, 4) is 0 Å². The molecule has 1 heterocycles. The van der Waals surface area contributed by atoms with Gasteiger partial charge in [0, 0.05) is 29.0 Å². The Kier molecular flexibility index (Phi) is 8.65. The molecule has 0 amide bonds. The second kappa shape index (κ2) is 10.8. The number of unbranched alkanes of at least 4 members (excludes halogenated alkanes) is 5. The molecule has 0 atom stereocenters. The lowest BCUT2D eigenvalue weighted by Crippen LogP contribution is -1.90. The summed E-state index contributed by atoms with van der Waals surface area (Å²) in [6, 6.07) is 13.0. The first-order valence-electron chi connectivity index (χ1n) is 8.40. The van der Waals surface area contributed by atoms with E-state index in [4.69, 9.17) is 0 Å². The van der Waals surface area contributed by atoms with E-state index >= 15 is 0 Å². The van der Waals surface area contributed by atoms with Crippen LogP contribution in [0.25, 0.3) is 0 Å². The summed E-state index contributed by atoms with van der Waals surface area (Å²) in [6.45, 7) is 2.27. The van der Waals surface area contributed by atoms with E-state index in [1.165, 1.54) is 60.4 Å². The second-order valence-electron chi connectivity index (χ2n) is 5.65. The van der Waals surface area contributed by atoms with E-state index in [9.17, 15) is 0 Å². The monoisotopic (exact) mass is 333 g/mol. The van der Waals surface area contributed by atoms with Crippen molar-refractivity contribution >= 4 is 21.6 Å². The van der Waals surface area contributed by atoms with Gasteiger partial charge in [-0.25, -0.2) is 0 Å². The van der Waals surface area contributed by atoms with Gasteiger partial charge < -0.3 is 4.98 Å². The largest absolute Gasteiger partial charge is 0.365 e. The smallest absolute Gasteiger partial charge is 0.0218 e. The molecular formula is C19H27NS2. The van der Waals surface area contributed by atoms with Gasteiger partial charge in [-0.15, -0.1) is 0 Å². The molecule has 0 bridgehead atoms. The van der Waals surface area contributed by atoms with Gasteiger partial charge in [-0.05, 0) is 30.2 Å². The molecule has 1 aromatic carbocycles. The van der Waals surface area contributed by atoms with Gasteiger partial charge in [0.05, 0.1) is 0 Å². The molecule has 1 aromatic heterocycles. The maximum absolute atomic E-state index is 3.30. The Hall–Kier alpha value is -0.800. The number of aromatic amines is 1. The van der Waals surface area contributed by atoms with Gasteiger partial charge in [0.25, 0.3) is 0 Å². The average Bonchev–Trinajstić information content (AvgIpc) is 3.04. The zero-order valence-corrected chi connectivity index (χ0v) is 15.1. The van der Waals surface area contributed by atoms with Crippen molar-refractivity contribution in [3.05, 3.63) is 53.9 Å². The summed E-state index contributed by atoms with van der Waals surface area (Å²) in [5.74, 6) is 1.26. The Morgan fingerprint density at radius 3 is 2.55 bits per heavy atom. The molecule has 0 saturated heterocycles. The van der Waals surface area contributed by atoms with Gasteiger partial charge in [-0.1, -0.05) is 78.8 Å². The summed E-state index contributed by atoms with van der Waals surface area (Å²) < 4.78 is 0. The van der Waals surface area contributed by atoms with Crippen molar-refractivity contribution in [1.29, 1.82) is 0 Å². The van der Waals surface area contributed by atoms with Crippen LogP contribution < -0.4 is 0 Å². The van der Waals surface area contributed by atoms with Crippen molar-refractivity contribution in [2.45, 2.75) is 56.8 Å². The van der Waals surface area contributed by atoms with Crippen molar-refractivity contribution in [2.75, 3.05) is 5.75 Å². The van der Waals surface area contributed by atoms with Gasteiger partial charge in [-0.2, -0.15) is 0 Å². The molecule has 3 heteroatoms. The Morgan fingerprint density at radius 2 is 1.73 bits per heavy atom. The minimum Gasteiger partial charge on any atom is -0.365 e. The number of benzene rings is 1. The topological polar surface area (TPSA) is 15.8 Å². The number of rotatable bonds is 11. The first-order chi connectivity index (χ1) is 10.9. The molecule has 0 unspecified atom stereocenters. The van der Waals surface area contributed by atoms with E-state index in [1.807, 2.05) is 27.8 Å². The normalized spacial score (nSPS) is 11.0. The number of H-pyrrole nitrogens is 1. The summed E-state index contributed by atoms with van der Waals surface area (Å²) in [6.07, 6.45) is 11.3. The first-order valence-corrected chi connectivity index (χ1v) is 10.7. The molecule has 0 saturated carbocycles. The molecule has 0 radical (unpaired) electrons. The fourth-order valence-electron chi connectivity index (χ4n) is 2.46. The van der Waals surface area contributed by atoms with Gasteiger partial charge >= 0.3 is 0 Å². The van der Waals surface area contributed by atoms with Crippen LogP contribution in [0.5, 0.6) is 0 Å². The van der Waals surface area contributed by atoms with E-state index in [0.717, 1.165) is 6.42 Å². The molecule has 0 aliphatic carbocycles. The summed E-state index contributed by atoms with van der Waals surface area (Å²) in [5, 5.41) is 0. The minimum atomic E-state index is 0.994. The predicted octanol–water partition coefficient (Wildman–Crippen LogP) is 6.71. The predicted molar refractivity (Wildman–Crippen MR) is 102 cm³/mol. The van der Waals surface area contributed by atoms with Gasteiger partial charge in [0.1, 0.15) is 0 Å². The summed E-state index contributed by atoms with van der Waals surface area (Å²) >= 11 is 0. The fourth-order valence-corrected chi connectivity index (χ4v) is 4.85. The van der Waals surface area contributed by atoms with E-state index in [-0.39, 0.29) is 0 Å². The SMILES string of the molecule is CCCCCCCCSSc1ccccc1Cc1ccc[nH]1. The summed E-state index contributed by atoms with van der Waals surface area (Å²) in [7, 11) is 3.94. The Bertz CT molecular complexity index is 508. The van der Waals surface area contributed by atoms with Crippen LogP contribution in [0.15, 0.2) is 47.5 Å². The van der Waals surface area contributed by atoms with Crippen LogP contribution in [0.2, 0.25) is 0 Å². The third-order valence-corrected chi connectivity index (χ3v) is 6.29. The lowest BCUT2D eigenvalue weighted by atomic mass is 10.1. The molecule has 1 nitrogen and oxygen atoms in total. The van der Waals surface area contributed by atoms with Crippen LogP contribution >= 0.6 is 21.6 Å². The van der Waals surface area contributed by atoms with Crippen LogP contribution in [0, 0.1) is 0 Å². The van der Waals surface area contributed by atoms with E-state index in [1.54, 1.807) is 0 Å². The van der Waals surface area contributed by atoms with E-state index in [2.05, 4.69) is 48.3 Å².